The van der Waals surface area contributed by atoms with E-state index >= 15 is 0 Å². The van der Waals surface area contributed by atoms with Crippen molar-refractivity contribution in [1.29, 1.82) is 0 Å². The van der Waals surface area contributed by atoms with Crippen molar-refractivity contribution in [1.82, 2.24) is 0 Å². The average Bonchev–Trinajstić information content (AvgIpc) is 2.57. The largest absolute Gasteiger partial charge is 0.376 e. The van der Waals surface area contributed by atoms with Gasteiger partial charge in [-0.2, -0.15) is 0 Å². The standard InChI is InChI=1S/C18H22BrN3O/c1-3-22(4-2)15-11-9-14(10-12-15)20-13-18(23)21-17-8-6-5-7-16(17)19/h5-12,20H,3-4,13H2,1-2H3,(H,21,23). The monoisotopic (exact) mass is 375 g/mol. The Morgan fingerprint density at radius 2 is 1.70 bits per heavy atom. The SMILES string of the molecule is CCN(CC)c1ccc(NCC(=O)Nc2ccccc2Br)cc1. The average molecular weight is 376 g/mol. The van der Waals surface area contributed by atoms with Crippen LogP contribution in [-0.2, 0) is 4.79 Å². The molecule has 2 aromatic carbocycles. The molecular weight excluding hydrogens is 354 g/mol. The summed E-state index contributed by atoms with van der Waals surface area (Å²) in [5.41, 5.74) is 2.90. The summed E-state index contributed by atoms with van der Waals surface area (Å²) in [6.07, 6.45) is 0. The van der Waals surface area contributed by atoms with Crippen LogP contribution >= 0.6 is 15.9 Å². The molecule has 0 saturated heterocycles. The van der Waals surface area contributed by atoms with Crippen LogP contribution in [0.2, 0.25) is 0 Å². The van der Waals surface area contributed by atoms with Gasteiger partial charge < -0.3 is 15.5 Å². The summed E-state index contributed by atoms with van der Waals surface area (Å²) in [4.78, 5) is 14.3. The summed E-state index contributed by atoms with van der Waals surface area (Å²) in [6, 6.07) is 15.7. The molecule has 0 saturated carbocycles. The van der Waals surface area contributed by atoms with Crippen LogP contribution in [0.25, 0.3) is 0 Å². The fourth-order valence-electron chi connectivity index (χ4n) is 2.32. The molecule has 23 heavy (non-hydrogen) atoms. The predicted octanol–water partition coefficient (Wildman–Crippen LogP) is 4.35. The molecule has 2 aromatic rings. The quantitative estimate of drug-likeness (QED) is 0.755. The molecular formula is C18H22BrN3O. The van der Waals surface area contributed by atoms with Gasteiger partial charge in [-0.1, -0.05) is 12.1 Å². The van der Waals surface area contributed by atoms with Crippen LogP contribution in [0.15, 0.2) is 53.0 Å². The number of hydrogen-bond acceptors (Lipinski definition) is 3. The second-order valence-corrected chi connectivity index (χ2v) is 5.96. The number of anilines is 3. The van der Waals surface area contributed by atoms with Crippen LogP contribution < -0.4 is 15.5 Å². The first-order valence-electron chi connectivity index (χ1n) is 7.77. The van der Waals surface area contributed by atoms with Gasteiger partial charge >= 0.3 is 0 Å². The normalized spacial score (nSPS) is 10.2. The van der Waals surface area contributed by atoms with E-state index in [0.29, 0.717) is 0 Å². The maximum Gasteiger partial charge on any atom is 0.243 e. The molecule has 0 heterocycles. The highest BCUT2D eigenvalue weighted by Gasteiger charge is 2.05. The van der Waals surface area contributed by atoms with Crippen molar-refractivity contribution in [2.75, 3.05) is 35.2 Å². The molecule has 0 fully saturated rings. The zero-order chi connectivity index (χ0) is 16.7. The van der Waals surface area contributed by atoms with Gasteiger partial charge in [0, 0.05) is 28.9 Å². The maximum atomic E-state index is 12.0. The van der Waals surface area contributed by atoms with E-state index < -0.39 is 0 Å². The third-order valence-corrected chi connectivity index (χ3v) is 4.29. The van der Waals surface area contributed by atoms with E-state index in [9.17, 15) is 4.79 Å². The van der Waals surface area contributed by atoms with Crippen molar-refractivity contribution in [2.45, 2.75) is 13.8 Å². The van der Waals surface area contributed by atoms with Crippen molar-refractivity contribution in [3.63, 3.8) is 0 Å². The number of carbonyl (C=O) groups excluding carboxylic acids is 1. The number of nitrogens with one attached hydrogen (secondary N) is 2. The molecule has 0 aliphatic heterocycles. The Hall–Kier alpha value is -2.01. The lowest BCUT2D eigenvalue weighted by molar-refractivity contribution is -0.114. The van der Waals surface area contributed by atoms with Crippen LogP contribution in [0.4, 0.5) is 17.1 Å². The minimum Gasteiger partial charge on any atom is -0.376 e. The summed E-state index contributed by atoms with van der Waals surface area (Å²) in [5, 5.41) is 6.01. The zero-order valence-corrected chi connectivity index (χ0v) is 15.1. The van der Waals surface area contributed by atoms with Gasteiger partial charge in [0.05, 0.1) is 12.2 Å². The lowest BCUT2D eigenvalue weighted by Gasteiger charge is -2.21. The molecule has 5 heteroatoms. The molecule has 122 valence electrons. The van der Waals surface area contributed by atoms with E-state index in [4.69, 9.17) is 0 Å². The number of rotatable bonds is 7. The molecule has 0 aliphatic carbocycles. The van der Waals surface area contributed by atoms with Crippen LogP contribution in [0.1, 0.15) is 13.8 Å². The molecule has 1 amide bonds. The Morgan fingerprint density at radius 3 is 2.30 bits per heavy atom. The molecule has 4 nitrogen and oxygen atoms in total. The van der Waals surface area contributed by atoms with Gasteiger partial charge in [-0.05, 0) is 66.2 Å². The van der Waals surface area contributed by atoms with E-state index in [2.05, 4.69) is 57.4 Å². The van der Waals surface area contributed by atoms with Gasteiger partial charge in [0.2, 0.25) is 5.91 Å². The summed E-state index contributed by atoms with van der Waals surface area (Å²) in [7, 11) is 0. The van der Waals surface area contributed by atoms with E-state index in [1.165, 1.54) is 5.69 Å². The van der Waals surface area contributed by atoms with E-state index in [0.717, 1.165) is 28.9 Å². The van der Waals surface area contributed by atoms with Gasteiger partial charge in [-0.25, -0.2) is 0 Å². The van der Waals surface area contributed by atoms with Gasteiger partial charge in [0.15, 0.2) is 0 Å². The molecule has 0 unspecified atom stereocenters. The van der Waals surface area contributed by atoms with Crippen molar-refractivity contribution in [2.24, 2.45) is 0 Å². The van der Waals surface area contributed by atoms with Gasteiger partial charge in [0.25, 0.3) is 0 Å². The van der Waals surface area contributed by atoms with E-state index in [1.54, 1.807) is 0 Å². The first kappa shape index (κ1) is 17.3. The number of hydrogen-bond donors (Lipinski definition) is 2. The summed E-state index contributed by atoms with van der Waals surface area (Å²) in [6.45, 7) is 6.48. The number of halogens is 1. The minimum absolute atomic E-state index is 0.0790. The maximum absolute atomic E-state index is 12.0. The van der Waals surface area contributed by atoms with Crippen molar-refractivity contribution >= 4 is 38.9 Å². The van der Waals surface area contributed by atoms with E-state index in [1.807, 2.05) is 36.4 Å². The molecule has 0 radical (unpaired) electrons. The van der Waals surface area contributed by atoms with Crippen molar-refractivity contribution in [3.8, 4) is 0 Å². The molecule has 2 N–H and O–H groups in total. The third kappa shape index (κ3) is 4.99. The summed E-state index contributed by atoms with van der Waals surface area (Å²) < 4.78 is 0.872. The zero-order valence-electron chi connectivity index (χ0n) is 13.5. The number of amides is 1. The third-order valence-electron chi connectivity index (χ3n) is 3.60. The summed E-state index contributed by atoms with van der Waals surface area (Å²) >= 11 is 3.42. The van der Waals surface area contributed by atoms with Gasteiger partial charge in [-0.15, -0.1) is 0 Å². The lowest BCUT2D eigenvalue weighted by Crippen LogP contribution is -2.22. The van der Waals surface area contributed by atoms with Crippen LogP contribution in [-0.4, -0.2) is 25.5 Å². The number of para-hydroxylation sites is 1. The van der Waals surface area contributed by atoms with Crippen molar-refractivity contribution in [3.05, 3.63) is 53.0 Å². The van der Waals surface area contributed by atoms with Crippen molar-refractivity contribution < 1.29 is 4.79 Å². The van der Waals surface area contributed by atoms with E-state index in [-0.39, 0.29) is 12.5 Å². The van der Waals surface area contributed by atoms with Crippen LogP contribution in [0.3, 0.4) is 0 Å². The first-order valence-corrected chi connectivity index (χ1v) is 8.56. The predicted molar refractivity (Wildman–Crippen MR) is 101 cm³/mol. The Morgan fingerprint density at radius 1 is 1.04 bits per heavy atom. The molecule has 0 aliphatic rings. The second kappa shape index (κ2) is 8.58. The first-order chi connectivity index (χ1) is 11.1. The van der Waals surface area contributed by atoms with Crippen LogP contribution in [0.5, 0.6) is 0 Å². The van der Waals surface area contributed by atoms with Crippen LogP contribution in [0, 0.1) is 0 Å². The topological polar surface area (TPSA) is 44.4 Å². The highest BCUT2D eigenvalue weighted by Crippen LogP contribution is 2.21. The number of carbonyl (C=O) groups is 1. The molecule has 0 atom stereocenters. The Kier molecular flexibility index (Phi) is 6.47. The lowest BCUT2D eigenvalue weighted by atomic mass is 10.2. The van der Waals surface area contributed by atoms with Gasteiger partial charge in [-0.3, -0.25) is 4.79 Å². The Balaban J connectivity index is 1.88. The smallest absolute Gasteiger partial charge is 0.243 e. The highest BCUT2D eigenvalue weighted by atomic mass is 79.9. The second-order valence-electron chi connectivity index (χ2n) is 5.10. The van der Waals surface area contributed by atoms with Gasteiger partial charge in [0.1, 0.15) is 0 Å². The fourth-order valence-corrected chi connectivity index (χ4v) is 2.70. The Labute approximate surface area is 146 Å². The molecule has 0 spiro atoms. The molecule has 2 rings (SSSR count). The molecule has 0 aromatic heterocycles. The summed E-state index contributed by atoms with van der Waals surface area (Å²) in [5.74, 6) is -0.0790. The Bertz CT molecular complexity index is 639. The minimum atomic E-state index is -0.0790. The molecule has 0 bridgehead atoms. The number of benzene rings is 2. The number of nitrogens with zero attached hydrogens (tertiary/aromatic N) is 1. The highest BCUT2D eigenvalue weighted by molar-refractivity contribution is 9.10. The fraction of sp³-hybridized carbons (Fsp3) is 0.278.